The largest absolute Gasteiger partial charge is 0.367 e. The van der Waals surface area contributed by atoms with E-state index in [-0.39, 0.29) is 0 Å². The molecule has 1 aliphatic heterocycles. The highest BCUT2D eigenvalue weighted by Gasteiger charge is 2.12. The molecular weight excluding hydrogens is 310 g/mol. The average molecular weight is 334 g/mol. The van der Waals surface area contributed by atoms with Crippen molar-refractivity contribution in [2.45, 2.75) is 24.8 Å². The molecule has 0 aromatic heterocycles. The summed E-state index contributed by atoms with van der Waals surface area (Å²) in [6.07, 6.45) is 8.78. The summed E-state index contributed by atoms with van der Waals surface area (Å²) >= 11 is 1.76. The number of thioether (sulfide) groups is 1. The van der Waals surface area contributed by atoms with E-state index in [9.17, 15) is 0 Å². The van der Waals surface area contributed by atoms with Crippen LogP contribution in [0.2, 0.25) is 0 Å². The fourth-order valence-corrected chi connectivity index (χ4v) is 3.52. The summed E-state index contributed by atoms with van der Waals surface area (Å²) in [5, 5.41) is 4.83. The van der Waals surface area contributed by atoms with Gasteiger partial charge in [-0.25, -0.2) is 0 Å². The summed E-state index contributed by atoms with van der Waals surface area (Å²) in [5.41, 5.74) is 1.41. The normalized spacial score (nSPS) is 17.3. The number of rotatable bonds is 4. The van der Waals surface area contributed by atoms with E-state index in [1.807, 2.05) is 6.07 Å². The van der Waals surface area contributed by atoms with E-state index >= 15 is 0 Å². The van der Waals surface area contributed by atoms with Crippen LogP contribution in [0.15, 0.2) is 83.3 Å². The maximum Gasteiger partial charge on any atom is 0.0478 e. The van der Waals surface area contributed by atoms with E-state index in [1.165, 1.54) is 20.9 Å². The Morgan fingerprint density at radius 1 is 1.04 bits per heavy atom. The van der Waals surface area contributed by atoms with Gasteiger partial charge in [0.15, 0.2) is 0 Å². The van der Waals surface area contributed by atoms with Gasteiger partial charge in [0.1, 0.15) is 0 Å². The molecular formula is C22H23NS. The summed E-state index contributed by atoms with van der Waals surface area (Å²) in [7, 11) is 0. The zero-order valence-corrected chi connectivity index (χ0v) is 15.0. The molecule has 0 saturated carbocycles. The quantitative estimate of drug-likeness (QED) is 0.773. The molecule has 1 nitrogen and oxygen atoms in total. The Balaban J connectivity index is 1.73. The number of hydrogen-bond acceptors (Lipinski definition) is 2. The summed E-state index contributed by atoms with van der Waals surface area (Å²) in [4.78, 5) is 3.65. The summed E-state index contributed by atoms with van der Waals surface area (Å²) in [6, 6.07) is 19.5. The van der Waals surface area contributed by atoms with Crippen molar-refractivity contribution in [2.75, 3.05) is 6.54 Å². The van der Waals surface area contributed by atoms with E-state index in [0.717, 1.165) is 6.54 Å². The van der Waals surface area contributed by atoms with Gasteiger partial charge in [0.2, 0.25) is 0 Å². The van der Waals surface area contributed by atoms with Crippen LogP contribution >= 0.6 is 11.8 Å². The molecule has 1 atom stereocenters. The molecule has 1 unspecified atom stereocenters. The lowest BCUT2D eigenvalue weighted by atomic mass is 10.0. The van der Waals surface area contributed by atoms with Gasteiger partial charge in [0.05, 0.1) is 0 Å². The van der Waals surface area contributed by atoms with Crippen LogP contribution in [0.3, 0.4) is 0 Å². The minimum absolute atomic E-state index is 0.377. The van der Waals surface area contributed by atoms with Crippen molar-refractivity contribution in [2.24, 2.45) is 0 Å². The number of hydrogen-bond donors (Lipinski definition) is 0. The van der Waals surface area contributed by atoms with Crippen LogP contribution in [0.25, 0.3) is 11.6 Å². The average Bonchev–Trinajstić information content (AvgIpc) is 2.63. The number of fused-ring (bicyclic) bond motifs is 1. The van der Waals surface area contributed by atoms with Crippen molar-refractivity contribution in [3.05, 3.63) is 88.8 Å². The van der Waals surface area contributed by atoms with Gasteiger partial charge in [-0.15, -0.1) is 0 Å². The van der Waals surface area contributed by atoms with Crippen molar-refractivity contribution in [3.8, 4) is 0 Å². The first-order chi connectivity index (χ1) is 11.8. The standard InChI is InChI=1S/C22H23NS/c1-18-19(2)23(15-8-11-20-10-6-7-14-22(18)20)16-9-17-24-21-12-4-3-5-13-21/h3-15,17,19H,16H2,1-2H3. The Morgan fingerprint density at radius 3 is 2.62 bits per heavy atom. The third-order valence-electron chi connectivity index (χ3n) is 4.42. The van der Waals surface area contributed by atoms with Gasteiger partial charge < -0.3 is 4.90 Å². The Labute approximate surface area is 148 Å². The Hall–Kier alpha value is -2.19. The molecule has 0 spiro atoms. The fourth-order valence-electron chi connectivity index (χ4n) is 2.87. The molecule has 0 N–H and O–H groups in total. The molecule has 3 rings (SSSR count). The second-order valence-corrected chi connectivity index (χ2v) is 6.93. The number of benzene rings is 2. The Bertz CT molecular complexity index is 849. The third-order valence-corrected chi connectivity index (χ3v) is 5.30. The topological polar surface area (TPSA) is 3.24 Å². The van der Waals surface area contributed by atoms with E-state index in [2.05, 4.69) is 97.1 Å². The van der Waals surface area contributed by atoms with Crippen molar-refractivity contribution < 1.29 is 0 Å². The fraction of sp³-hybridized carbons (Fsp3) is 0.182. The van der Waals surface area contributed by atoms with E-state index < -0.39 is 0 Å². The van der Waals surface area contributed by atoms with Gasteiger partial charge in [0, 0.05) is 17.5 Å². The molecule has 1 aliphatic rings. The third kappa shape index (κ3) is 4.01. The van der Waals surface area contributed by atoms with Crippen molar-refractivity contribution in [3.63, 3.8) is 0 Å². The SMILES string of the molecule is CC1=c2ccccc2=CC=CN(CC=CSc2ccccc2)C1C. The molecule has 2 aromatic carbocycles. The maximum absolute atomic E-state index is 2.38. The van der Waals surface area contributed by atoms with Gasteiger partial charge in [-0.3, -0.25) is 0 Å². The molecule has 24 heavy (non-hydrogen) atoms. The van der Waals surface area contributed by atoms with Crippen LogP contribution in [0, 0.1) is 0 Å². The van der Waals surface area contributed by atoms with E-state index in [0.29, 0.717) is 6.04 Å². The smallest absolute Gasteiger partial charge is 0.0478 e. The molecule has 0 aliphatic carbocycles. The van der Waals surface area contributed by atoms with Crippen LogP contribution in [0.5, 0.6) is 0 Å². The maximum atomic E-state index is 2.38. The highest BCUT2D eigenvalue weighted by molar-refractivity contribution is 8.02. The molecule has 2 heteroatoms. The van der Waals surface area contributed by atoms with Gasteiger partial charge in [-0.05, 0) is 59.7 Å². The summed E-state index contributed by atoms with van der Waals surface area (Å²) in [5.74, 6) is 0. The zero-order chi connectivity index (χ0) is 16.8. The second-order valence-electron chi connectivity index (χ2n) is 5.95. The summed E-state index contributed by atoms with van der Waals surface area (Å²) < 4.78 is 0. The predicted octanol–water partition coefficient (Wildman–Crippen LogP) is 4.16. The predicted molar refractivity (Wildman–Crippen MR) is 106 cm³/mol. The first-order valence-electron chi connectivity index (χ1n) is 8.32. The molecule has 0 radical (unpaired) electrons. The number of allylic oxidation sites excluding steroid dienone is 1. The molecule has 0 saturated heterocycles. The number of nitrogens with zero attached hydrogens (tertiary/aromatic N) is 1. The second kappa shape index (κ2) is 8.07. The molecule has 1 heterocycles. The van der Waals surface area contributed by atoms with Crippen molar-refractivity contribution in [1.82, 2.24) is 4.90 Å². The van der Waals surface area contributed by atoms with Crippen LogP contribution in [-0.2, 0) is 0 Å². The van der Waals surface area contributed by atoms with Crippen LogP contribution in [-0.4, -0.2) is 17.5 Å². The van der Waals surface area contributed by atoms with E-state index in [4.69, 9.17) is 0 Å². The lowest BCUT2D eigenvalue weighted by Crippen LogP contribution is -2.37. The first kappa shape index (κ1) is 16.7. The van der Waals surface area contributed by atoms with E-state index in [1.54, 1.807) is 11.8 Å². The van der Waals surface area contributed by atoms with Gasteiger partial charge in [0.25, 0.3) is 0 Å². The minimum atomic E-state index is 0.377. The van der Waals surface area contributed by atoms with Crippen molar-refractivity contribution in [1.29, 1.82) is 0 Å². The van der Waals surface area contributed by atoms with Crippen LogP contribution < -0.4 is 10.4 Å². The van der Waals surface area contributed by atoms with Gasteiger partial charge in [-0.2, -0.15) is 0 Å². The highest BCUT2D eigenvalue weighted by atomic mass is 32.2. The van der Waals surface area contributed by atoms with Gasteiger partial charge in [-0.1, -0.05) is 66.4 Å². The molecule has 122 valence electrons. The van der Waals surface area contributed by atoms with Crippen LogP contribution in [0.4, 0.5) is 0 Å². The Morgan fingerprint density at radius 2 is 1.79 bits per heavy atom. The minimum Gasteiger partial charge on any atom is -0.367 e. The Kier molecular flexibility index (Phi) is 5.60. The lowest BCUT2D eigenvalue weighted by Gasteiger charge is -2.28. The molecule has 2 aromatic rings. The van der Waals surface area contributed by atoms with Gasteiger partial charge >= 0.3 is 0 Å². The molecule has 0 bridgehead atoms. The monoisotopic (exact) mass is 333 g/mol. The first-order valence-corrected chi connectivity index (χ1v) is 9.20. The van der Waals surface area contributed by atoms with Crippen molar-refractivity contribution >= 4 is 23.4 Å². The molecule has 0 amide bonds. The summed E-state index contributed by atoms with van der Waals surface area (Å²) in [6.45, 7) is 5.43. The highest BCUT2D eigenvalue weighted by Crippen LogP contribution is 2.18. The molecule has 0 fully saturated rings. The zero-order valence-electron chi connectivity index (χ0n) is 14.2. The lowest BCUT2D eigenvalue weighted by molar-refractivity contribution is 0.377. The van der Waals surface area contributed by atoms with Crippen LogP contribution in [0.1, 0.15) is 13.8 Å².